The van der Waals surface area contributed by atoms with E-state index in [0.29, 0.717) is 17.3 Å². The fraction of sp³-hybridized carbons (Fsp3) is 0.667. The van der Waals surface area contributed by atoms with E-state index in [1.165, 1.54) is 12.8 Å². The molecule has 0 spiro atoms. The average molecular weight is 400 g/mol. The summed E-state index contributed by atoms with van der Waals surface area (Å²) in [4.78, 5) is 20.9. The van der Waals surface area contributed by atoms with Crippen LogP contribution in [-0.4, -0.2) is 39.7 Å². The van der Waals surface area contributed by atoms with E-state index in [9.17, 15) is 4.79 Å². The molecule has 0 bridgehead atoms. The first kappa shape index (κ1) is 21.8. The average Bonchev–Trinajstić information content (AvgIpc) is 2.70. The van der Waals surface area contributed by atoms with Crippen LogP contribution in [0.1, 0.15) is 72.5 Å². The zero-order valence-corrected chi connectivity index (χ0v) is 18.9. The van der Waals surface area contributed by atoms with Crippen LogP contribution < -0.4 is 10.3 Å². The van der Waals surface area contributed by atoms with E-state index in [2.05, 4.69) is 39.5 Å². The molecule has 0 radical (unpaired) electrons. The minimum Gasteiger partial charge on any atom is -0.491 e. The van der Waals surface area contributed by atoms with E-state index in [1.54, 1.807) is 0 Å². The summed E-state index contributed by atoms with van der Waals surface area (Å²) in [5, 5.41) is 0.659. The van der Waals surface area contributed by atoms with Gasteiger partial charge in [0.15, 0.2) is 0 Å². The van der Waals surface area contributed by atoms with Crippen LogP contribution in [0, 0.1) is 5.92 Å². The van der Waals surface area contributed by atoms with Gasteiger partial charge in [-0.2, -0.15) is 0 Å². The molecule has 2 aromatic rings. The molecule has 2 atom stereocenters. The van der Waals surface area contributed by atoms with E-state index in [0.717, 1.165) is 43.1 Å². The second-order valence-electron chi connectivity index (χ2n) is 9.15. The minimum atomic E-state index is 0.0648. The zero-order valence-electron chi connectivity index (χ0n) is 18.9. The Balaban J connectivity index is 1.98. The smallest absolute Gasteiger partial charge is 0.261 e. The van der Waals surface area contributed by atoms with Crippen molar-refractivity contribution in [3.63, 3.8) is 0 Å². The van der Waals surface area contributed by atoms with Crippen LogP contribution in [0.3, 0.4) is 0 Å². The van der Waals surface area contributed by atoms with E-state index < -0.39 is 0 Å². The van der Waals surface area contributed by atoms with Gasteiger partial charge in [-0.15, -0.1) is 0 Å². The largest absolute Gasteiger partial charge is 0.491 e. The Bertz CT molecular complexity index is 888. The Morgan fingerprint density at radius 3 is 2.62 bits per heavy atom. The summed E-state index contributed by atoms with van der Waals surface area (Å²) < 4.78 is 7.89. The summed E-state index contributed by atoms with van der Waals surface area (Å²) in [5.41, 5.74) is 0.828. The molecule has 29 heavy (non-hydrogen) atoms. The van der Waals surface area contributed by atoms with Crippen molar-refractivity contribution in [3.8, 4) is 5.75 Å². The SMILES string of the molecule is CCC(C)Oc1ccc2nc(C(C)C)n(C[C@H]3CCCN(C(C)C)C3)c(=O)c2c1. The van der Waals surface area contributed by atoms with Gasteiger partial charge < -0.3 is 9.64 Å². The van der Waals surface area contributed by atoms with E-state index in [4.69, 9.17) is 9.72 Å². The fourth-order valence-electron chi connectivity index (χ4n) is 4.20. The summed E-state index contributed by atoms with van der Waals surface area (Å²) in [7, 11) is 0. The molecule has 1 unspecified atom stereocenters. The lowest BCUT2D eigenvalue weighted by Gasteiger charge is -2.36. The maximum Gasteiger partial charge on any atom is 0.261 e. The first-order valence-electron chi connectivity index (χ1n) is 11.2. The normalized spacial score (nSPS) is 19.2. The quantitative estimate of drug-likeness (QED) is 0.670. The number of likely N-dealkylation sites (tertiary alicyclic amines) is 1. The van der Waals surface area contributed by atoms with Gasteiger partial charge in [-0.05, 0) is 70.7 Å². The van der Waals surface area contributed by atoms with Crippen LogP contribution >= 0.6 is 0 Å². The molecule has 0 saturated carbocycles. The Kier molecular flexibility index (Phi) is 6.99. The zero-order chi connectivity index (χ0) is 21.1. The third-order valence-corrected chi connectivity index (χ3v) is 6.11. The molecule has 5 heteroatoms. The molecule has 1 saturated heterocycles. The third-order valence-electron chi connectivity index (χ3n) is 6.11. The van der Waals surface area contributed by atoms with Crippen molar-refractivity contribution in [2.75, 3.05) is 13.1 Å². The third kappa shape index (κ3) is 5.00. The van der Waals surface area contributed by atoms with Crippen molar-refractivity contribution >= 4 is 10.9 Å². The van der Waals surface area contributed by atoms with Gasteiger partial charge in [0, 0.05) is 25.0 Å². The Morgan fingerprint density at radius 1 is 1.21 bits per heavy atom. The van der Waals surface area contributed by atoms with Crippen molar-refractivity contribution in [3.05, 3.63) is 34.4 Å². The highest BCUT2D eigenvalue weighted by Crippen LogP contribution is 2.24. The Morgan fingerprint density at radius 2 is 1.97 bits per heavy atom. The molecule has 0 N–H and O–H groups in total. The molecule has 1 aromatic carbocycles. The number of fused-ring (bicyclic) bond motifs is 1. The van der Waals surface area contributed by atoms with E-state index >= 15 is 0 Å². The maximum atomic E-state index is 13.5. The number of nitrogens with zero attached hydrogens (tertiary/aromatic N) is 3. The maximum absolute atomic E-state index is 13.5. The highest BCUT2D eigenvalue weighted by atomic mass is 16.5. The van der Waals surface area contributed by atoms with Gasteiger partial charge in [-0.3, -0.25) is 9.36 Å². The second-order valence-corrected chi connectivity index (χ2v) is 9.15. The molecule has 1 aliphatic rings. The van der Waals surface area contributed by atoms with E-state index in [-0.39, 0.29) is 17.6 Å². The predicted molar refractivity (Wildman–Crippen MR) is 120 cm³/mol. The van der Waals surface area contributed by atoms with Gasteiger partial charge in [0.2, 0.25) is 0 Å². The number of hydrogen-bond acceptors (Lipinski definition) is 4. The van der Waals surface area contributed by atoms with E-state index in [1.807, 2.05) is 29.7 Å². The summed E-state index contributed by atoms with van der Waals surface area (Å²) in [6.45, 7) is 15.8. The number of rotatable bonds is 7. The summed E-state index contributed by atoms with van der Waals surface area (Å²) in [6, 6.07) is 6.27. The molecule has 1 aliphatic heterocycles. The van der Waals surface area contributed by atoms with Gasteiger partial charge in [0.05, 0.1) is 17.0 Å². The van der Waals surface area contributed by atoms with Crippen LogP contribution in [0.4, 0.5) is 0 Å². The first-order valence-corrected chi connectivity index (χ1v) is 11.2. The van der Waals surface area contributed by atoms with Crippen LogP contribution in [0.5, 0.6) is 5.75 Å². The summed E-state index contributed by atoms with van der Waals surface area (Å²) >= 11 is 0. The standard InChI is InChI=1S/C24H37N3O2/c1-7-18(6)29-20-10-11-22-21(13-20)24(28)27(23(25-22)16(2)3)15-19-9-8-12-26(14-19)17(4)5/h10-11,13,16-19H,7-9,12,14-15H2,1-6H3/t18?,19-/m0/s1. The van der Waals surface area contributed by atoms with Crippen LogP contribution in [-0.2, 0) is 6.54 Å². The number of piperidine rings is 1. The molecule has 0 amide bonds. The summed E-state index contributed by atoms with van der Waals surface area (Å²) in [5.74, 6) is 2.33. The van der Waals surface area contributed by atoms with Crippen molar-refractivity contribution in [1.82, 2.24) is 14.5 Å². The van der Waals surface area contributed by atoms with Crippen molar-refractivity contribution < 1.29 is 4.74 Å². The molecule has 1 fully saturated rings. The van der Waals surface area contributed by atoms with Crippen molar-refractivity contribution in [2.45, 2.75) is 85.4 Å². The van der Waals surface area contributed by atoms with Gasteiger partial charge in [0.25, 0.3) is 5.56 Å². The van der Waals surface area contributed by atoms with Crippen LogP contribution in [0.25, 0.3) is 10.9 Å². The number of ether oxygens (including phenoxy) is 1. The van der Waals surface area contributed by atoms with Crippen LogP contribution in [0.2, 0.25) is 0 Å². The minimum absolute atomic E-state index is 0.0648. The molecule has 5 nitrogen and oxygen atoms in total. The Hall–Kier alpha value is -1.88. The monoisotopic (exact) mass is 399 g/mol. The van der Waals surface area contributed by atoms with Gasteiger partial charge in [0.1, 0.15) is 11.6 Å². The molecule has 3 rings (SSSR count). The molecule has 2 heterocycles. The molecule has 1 aromatic heterocycles. The van der Waals surface area contributed by atoms with Gasteiger partial charge >= 0.3 is 0 Å². The fourth-order valence-corrected chi connectivity index (χ4v) is 4.20. The number of aromatic nitrogens is 2. The number of benzene rings is 1. The lowest BCUT2D eigenvalue weighted by molar-refractivity contribution is 0.129. The molecule has 0 aliphatic carbocycles. The lowest BCUT2D eigenvalue weighted by atomic mass is 9.96. The topological polar surface area (TPSA) is 47.4 Å². The first-order chi connectivity index (χ1) is 13.8. The van der Waals surface area contributed by atoms with Gasteiger partial charge in [-0.1, -0.05) is 20.8 Å². The van der Waals surface area contributed by atoms with Crippen molar-refractivity contribution in [1.29, 1.82) is 0 Å². The molecular weight excluding hydrogens is 362 g/mol. The molecular formula is C24H37N3O2. The lowest BCUT2D eigenvalue weighted by Crippen LogP contribution is -2.42. The second kappa shape index (κ2) is 9.29. The summed E-state index contributed by atoms with van der Waals surface area (Å²) in [6.07, 6.45) is 3.42. The number of hydrogen-bond donors (Lipinski definition) is 0. The van der Waals surface area contributed by atoms with Crippen LogP contribution in [0.15, 0.2) is 23.0 Å². The highest BCUT2D eigenvalue weighted by molar-refractivity contribution is 5.79. The van der Waals surface area contributed by atoms with Gasteiger partial charge in [-0.25, -0.2) is 4.98 Å². The van der Waals surface area contributed by atoms with Crippen molar-refractivity contribution in [2.24, 2.45) is 5.92 Å². The highest BCUT2D eigenvalue weighted by Gasteiger charge is 2.24. The Labute approximate surface area is 175 Å². The molecule has 160 valence electrons. The predicted octanol–water partition coefficient (Wildman–Crippen LogP) is 4.82.